The van der Waals surface area contributed by atoms with Crippen LogP contribution in [-0.2, 0) is 0 Å². The first-order valence-corrected chi connectivity index (χ1v) is 10.3. The molecule has 0 atom stereocenters. The lowest BCUT2D eigenvalue weighted by Gasteiger charge is -2.12. The number of H-pyrrole nitrogens is 2. The molecule has 0 amide bonds. The standard InChI is InChI=1S/C23H19F4N5O2/c1-13-3-5-14(6-4-13)17-12-19(28-22(33)20(17)21-29-31-32-30-21)16-8-7-15(11-18(16)24)34-10-2-9-23(25,26)27/h3-8,11-12H,2,9-10H2,1H3,(H,28,33)(H,29,30,31,32). The summed E-state index contributed by atoms with van der Waals surface area (Å²) in [6.45, 7) is 1.72. The molecule has 0 aliphatic carbocycles. The molecule has 0 spiro atoms. The normalized spacial score (nSPS) is 11.6. The van der Waals surface area contributed by atoms with E-state index in [-0.39, 0.29) is 41.4 Å². The number of halogens is 4. The Morgan fingerprint density at radius 1 is 1.03 bits per heavy atom. The number of rotatable bonds is 7. The quantitative estimate of drug-likeness (QED) is 0.289. The Morgan fingerprint density at radius 3 is 2.44 bits per heavy atom. The highest BCUT2D eigenvalue weighted by atomic mass is 19.4. The van der Waals surface area contributed by atoms with E-state index >= 15 is 0 Å². The molecule has 7 nitrogen and oxygen atoms in total. The first-order chi connectivity index (χ1) is 16.2. The van der Waals surface area contributed by atoms with E-state index in [0.29, 0.717) is 11.1 Å². The molecular formula is C23H19F4N5O2. The molecule has 2 aromatic carbocycles. The molecule has 11 heteroatoms. The average Bonchev–Trinajstić information content (AvgIpc) is 3.30. The highest BCUT2D eigenvalue weighted by Crippen LogP contribution is 2.32. The van der Waals surface area contributed by atoms with Crippen molar-refractivity contribution in [3.63, 3.8) is 0 Å². The van der Waals surface area contributed by atoms with Crippen LogP contribution >= 0.6 is 0 Å². The summed E-state index contributed by atoms with van der Waals surface area (Å²) >= 11 is 0. The van der Waals surface area contributed by atoms with E-state index in [1.165, 1.54) is 12.1 Å². The van der Waals surface area contributed by atoms with E-state index in [1.807, 2.05) is 31.2 Å². The number of aryl methyl sites for hydroxylation is 1. The molecule has 0 radical (unpaired) electrons. The van der Waals surface area contributed by atoms with Gasteiger partial charge in [0.1, 0.15) is 11.6 Å². The second-order valence-electron chi connectivity index (χ2n) is 7.61. The van der Waals surface area contributed by atoms with Crippen LogP contribution in [0.2, 0.25) is 0 Å². The van der Waals surface area contributed by atoms with Crippen molar-refractivity contribution in [2.24, 2.45) is 0 Å². The van der Waals surface area contributed by atoms with Gasteiger partial charge in [0, 0.05) is 23.6 Å². The largest absolute Gasteiger partial charge is 0.493 e. The molecule has 0 bridgehead atoms. The Hall–Kier alpha value is -4.02. The SMILES string of the molecule is Cc1ccc(-c2cc(-c3ccc(OCCCC(F)(F)F)cc3F)[nH]c(=O)c2-c2nn[nH]n2)cc1. The van der Waals surface area contributed by atoms with E-state index in [0.717, 1.165) is 11.6 Å². The fourth-order valence-electron chi connectivity index (χ4n) is 3.42. The maximum Gasteiger partial charge on any atom is 0.389 e. The van der Waals surface area contributed by atoms with Crippen molar-refractivity contribution in [2.75, 3.05) is 6.61 Å². The van der Waals surface area contributed by atoms with Gasteiger partial charge in [-0.3, -0.25) is 4.79 Å². The topological polar surface area (TPSA) is 96.5 Å². The van der Waals surface area contributed by atoms with E-state index in [1.54, 1.807) is 6.07 Å². The number of alkyl halides is 3. The number of ether oxygens (including phenoxy) is 1. The third kappa shape index (κ3) is 5.30. The predicted molar refractivity (Wildman–Crippen MR) is 117 cm³/mol. The molecule has 34 heavy (non-hydrogen) atoms. The maximum absolute atomic E-state index is 14.9. The van der Waals surface area contributed by atoms with Crippen molar-refractivity contribution in [1.82, 2.24) is 25.6 Å². The Morgan fingerprint density at radius 2 is 1.79 bits per heavy atom. The molecule has 2 heterocycles. The van der Waals surface area contributed by atoms with Gasteiger partial charge in [-0.05, 0) is 42.3 Å². The van der Waals surface area contributed by atoms with Crippen LogP contribution in [0.25, 0.3) is 33.8 Å². The van der Waals surface area contributed by atoms with Crippen molar-refractivity contribution < 1.29 is 22.3 Å². The zero-order valence-electron chi connectivity index (χ0n) is 17.9. The van der Waals surface area contributed by atoms with Crippen LogP contribution < -0.4 is 10.3 Å². The average molecular weight is 473 g/mol. The van der Waals surface area contributed by atoms with E-state index in [9.17, 15) is 22.4 Å². The minimum absolute atomic E-state index is 0.0893. The summed E-state index contributed by atoms with van der Waals surface area (Å²) in [5.41, 5.74) is 2.12. The first-order valence-electron chi connectivity index (χ1n) is 10.3. The molecule has 0 aliphatic rings. The number of benzene rings is 2. The fraction of sp³-hybridized carbons (Fsp3) is 0.217. The summed E-state index contributed by atoms with van der Waals surface area (Å²) in [7, 11) is 0. The van der Waals surface area contributed by atoms with Gasteiger partial charge in [-0.2, -0.15) is 18.4 Å². The fourth-order valence-corrected chi connectivity index (χ4v) is 3.42. The number of aromatic nitrogens is 5. The number of nitrogens with one attached hydrogen (secondary N) is 2. The van der Waals surface area contributed by atoms with Gasteiger partial charge >= 0.3 is 6.18 Å². The first kappa shape index (κ1) is 23.1. The van der Waals surface area contributed by atoms with Crippen molar-refractivity contribution in [1.29, 1.82) is 0 Å². The van der Waals surface area contributed by atoms with Crippen LogP contribution in [0.4, 0.5) is 17.6 Å². The predicted octanol–water partition coefficient (Wildman–Crippen LogP) is 5.06. The van der Waals surface area contributed by atoms with Gasteiger partial charge < -0.3 is 9.72 Å². The summed E-state index contributed by atoms with van der Waals surface area (Å²) in [6.07, 6.45) is -5.49. The Bertz CT molecular complexity index is 1330. The van der Waals surface area contributed by atoms with Crippen LogP contribution in [0.1, 0.15) is 18.4 Å². The molecule has 4 aromatic rings. The van der Waals surface area contributed by atoms with Crippen LogP contribution in [0, 0.1) is 12.7 Å². The smallest absolute Gasteiger partial charge is 0.389 e. The van der Waals surface area contributed by atoms with Crippen LogP contribution in [0.3, 0.4) is 0 Å². The molecule has 176 valence electrons. The van der Waals surface area contributed by atoms with Gasteiger partial charge in [0.25, 0.3) is 5.56 Å². The van der Waals surface area contributed by atoms with E-state index < -0.39 is 24.0 Å². The third-order valence-electron chi connectivity index (χ3n) is 5.07. The summed E-state index contributed by atoms with van der Waals surface area (Å²) in [5.74, 6) is -0.523. The van der Waals surface area contributed by atoms with Crippen LogP contribution in [0.15, 0.2) is 53.3 Å². The van der Waals surface area contributed by atoms with E-state index in [2.05, 4.69) is 25.6 Å². The maximum atomic E-state index is 14.9. The van der Waals surface area contributed by atoms with Crippen molar-refractivity contribution in [3.8, 4) is 39.5 Å². The van der Waals surface area contributed by atoms with Gasteiger partial charge in [-0.15, -0.1) is 10.2 Å². The zero-order chi connectivity index (χ0) is 24.3. The van der Waals surface area contributed by atoms with Gasteiger partial charge in [0.05, 0.1) is 17.9 Å². The van der Waals surface area contributed by atoms with Gasteiger partial charge in [-0.25, -0.2) is 4.39 Å². The molecule has 0 aliphatic heterocycles. The lowest BCUT2D eigenvalue weighted by Crippen LogP contribution is -2.13. The van der Waals surface area contributed by atoms with Gasteiger partial charge in [-0.1, -0.05) is 29.8 Å². The summed E-state index contributed by atoms with van der Waals surface area (Å²) in [4.78, 5) is 15.6. The van der Waals surface area contributed by atoms with Crippen molar-refractivity contribution >= 4 is 0 Å². The van der Waals surface area contributed by atoms with Gasteiger partial charge in [0.2, 0.25) is 5.82 Å². The third-order valence-corrected chi connectivity index (χ3v) is 5.07. The number of hydrogen-bond acceptors (Lipinski definition) is 5. The van der Waals surface area contributed by atoms with Crippen molar-refractivity contribution in [2.45, 2.75) is 25.9 Å². The second-order valence-corrected chi connectivity index (χ2v) is 7.61. The van der Waals surface area contributed by atoms with Crippen LogP contribution in [-0.4, -0.2) is 38.4 Å². The number of hydrogen-bond donors (Lipinski definition) is 2. The number of nitrogens with zero attached hydrogens (tertiary/aromatic N) is 3. The molecular weight excluding hydrogens is 454 g/mol. The lowest BCUT2D eigenvalue weighted by atomic mass is 9.97. The molecule has 2 N–H and O–H groups in total. The molecule has 0 fully saturated rings. The molecule has 0 saturated heterocycles. The Kier molecular flexibility index (Phi) is 6.44. The van der Waals surface area contributed by atoms with Gasteiger partial charge in [0.15, 0.2) is 0 Å². The lowest BCUT2D eigenvalue weighted by molar-refractivity contribution is -0.136. The second kappa shape index (κ2) is 9.46. The number of tetrazole rings is 1. The molecule has 0 saturated carbocycles. The zero-order valence-corrected chi connectivity index (χ0v) is 17.9. The number of pyridine rings is 1. The summed E-state index contributed by atoms with van der Waals surface area (Å²) in [6, 6.07) is 12.9. The Labute approximate surface area is 190 Å². The molecule has 4 rings (SSSR count). The summed E-state index contributed by atoms with van der Waals surface area (Å²) < 4.78 is 56.9. The molecule has 0 unspecified atom stereocenters. The van der Waals surface area contributed by atoms with E-state index in [4.69, 9.17) is 4.74 Å². The molecule has 2 aromatic heterocycles. The minimum atomic E-state index is -4.27. The van der Waals surface area contributed by atoms with Crippen molar-refractivity contribution in [3.05, 3.63) is 70.3 Å². The minimum Gasteiger partial charge on any atom is -0.493 e. The highest BCUT2D eigenvalue weighted by molar-refractivity contribution is 5.83. The number of aromatic amines is 2. The highest BCUT2D eigenvalue weighted by Gasteiger charge is 2.26. The Balaban J connectivity index is 1.68. The van der Waals surface area contributed by atoms with Crippen LogP contribution in [0.5, 0.6) is 5.75 Å². The monoisotopic (exact) mass is 473 g/mol. The summed E-state index contributed by atoms with van der Waals surface area (Å²) in [5, 5.41) is 13.6.